The van der Waals surface area contributed by atoms with Gasteiger partial charge in [-0.1, -0.05) is 30.3 Å². The van der Waals surface area contributed by atoms with Crippen LogP contribution >= 0.6 is 11.6 Å². The highest BCUT2D eigenvalue weighted by atomic mass is 35.5. The predicted molar refractivity (Wildman–Crippen MR) is 57.7 cm³/mol. The predicted octanol–water partition coefficient (Wildman–Crippen LogP) is 3.01. The van der Waals surface area contributed by atoms with Crippen molar-refractivity contribution in [1.82, 2.24) is 4.90 Å². The Morgan fingerprint density at radius 1 is 1.57 bits per heavy atom. The van der Waals surface area contributed by atoms with Crippen molar-refractivity contribution in [3.63, 3.8) is 0 Å². The van der Waals surface area contributed by atoms with Crippen molar-refractivity contribution in [2.24, 2.45) is 0 Å². The van der Waals surface area contributed by atoms with Crippen molar-refractivity contribution in [2.75, 3.05) is 13.6 Å². The van der Waals surface area contributed by atoms with Gasteiger partial charge in [0.15, 0.2) is 0 Å². The van der Waals surface area contributed by atoms with Crippen LogP contribution in [0, 0.1) is 5.82 Å². The van der Waals surface area contributed by atoms with Crippen molar-refractivity contribution < 1.29 is 4.39 Å². The first-order chi connectivity index (χ1) is 6.58. The molecule has 0 aliphatic rings. The largest absolute Gasteiger partial charge is 0.297 e. The maximum absolute atomic E-state index is 12.8. The number of likely N-dealkylation sites (N-methyl/N-ethyl adjacent to an activating group) is 1. The van der Waals surface area contributed by atoms with E-state index in [0.717, 1.165) is 5.56 Å². The molecule has 0 aliphatic carbocycles. The quantitative estimate of drug-likeness (QED) is 0.743. The van der Waals surface area contributed by atoms with Crippen LogP contribution < -0.4 is 0 Å². The highest BCUT2D eigenvalue weighted by Crippen LogP contribution is 2.08. The summed E-state index contributed by atoms with van der Waals surface area (Å²) in [6, 6.07) is 6.54. The van der Waals surface area contributed by atoms with Gasteiger partial charge in [-0.25, -0.2) is 4.39 Å². The first-order valence-corrected chi connectivity index (χ1v) is 4.72. The normalized spacial score (nSPS) is 10.6. The minimum atomic E-state index is -0.208. The van der Waals surface area contributed by atoms with Gasteiger partial charge in [0.2, 0.25) is 0 Å². The zero-order valence-electron chi connectivity index (χ0n) is 8.13. The summed E-state index contributed by atoms with van der Waals surface area (Å²) in [4.78, 5) is 1.98. The van der Waals surface area contributed by atoms with Crippen LogP contribution in [0.5, 0.6) is 0 Å². The molecule has 0 spiro atoms. The van der Waals surface area contributed by atoms with Crippen LogP contribution in [-0.4, -0.2) is 18.5 Å². The molecule has 0 radical (unpaired) electrons. The Kier molecular flexibility index (Phi) is 4.11. The molecule has 76 valence electrons. The lowest BCUT2D eigenvalue weighted by atomic mass is 10.2. The minimum Gasteiger partial charge on any atom is -0.297 e. The van der Waals surface area contributed by atoms with E-state index in [1.807, 2.05) is 18.0 Å². The van der Waals surface area contributed by atoms with Gasteiger partial charge in [-0.05, 0) is 24.7 Å². The second kappa shape index (κ2) is 5.13. The minimum absolute atomic E-state index is 0.208. The van der Waals surface area contributed by atoms with Crippen LogP contribution in [0.1, 0.15) is 5.56 Å². The highest BCUT2D eigenvalue weighted by molar-refractivity contribution is 6.29. The lowest BCUT2D eigenvalue weighted by Crippen LogP contribution is -2.19. The topological polar surface area (TPSA) is 3.24 Å². The zero-order chi connectivity index (χ0) is 10.6. The molecule has 0 atom stereocenters. The van der Waals surface area contributed by atoms with Gasteiger partial charge in [0.1, 0.15) is 5.82 Å². The summed E-state index contributed by atoms with van der Waals surface area (Å²) in [5.74, 6) is -0.208. The van der Waals surface area contributed by atoms with Crippen LogP contribution in [0.15, 0.2) is 35.9 Å². The number of halogens is 2. The zero-order valence-corrected chi connectivity index (χ0v) is 8.89. The molecule has 0 saturated carbocycles. The third-order valence-electron chi connectivity index (χ3n) is 1.78. The summed E-state index contributed by atoms with van der Waals surface area (Å²) in [6.45, 7) is 4.88. The molecule has 0 aromatic heterocycles. The molecule has 3 heteroatoms. The van der Waals surface area contributed by atoms with Crippen molar-refractivity contribution in [1.29, 1.82) is 0 Å². The van der Waals surface area contributed by atoms with Crippen molar-refractivity contribution in [3.05, 3.63) is 47.3 Å². The summed E-state index contributed by atoms with van der Waals surface area (Å²) in [7, 11) is 1.92. The molecule has 1 rings (SSSR count). The van der Waals surface area contributed by atoms with Gasteiger partial charge in [-0.2, -0.15) is 0 Å². The number of benzene rings is 1. The van der Waals surface area contributed by atoms with Gasteiger partial charge < -0.3 is 0 Å². The van der Waals surface area contributed by atoms with E-state index in [9.17, 15) is 4.39 Å². The smallest absolute Gasteiger partial charge is 0.123 e. The van der Waals surface area contributed by atoms with Crippen molar-refractivity contribution in [3.8, 4) is 0 Å². The van der Waals surface area contributed by atoms with Crippen LogP contribution in [0.3, 0.4) is 0 Å². The molecule has 0 unspecified atom stereocenters. The van der Waals surface area contributed by atoms with Crippen molar-refractivity contribution >= 4 is 11.6 Å². The maximum Gasteiger partial charge on any atom is 0.123 e. The third kappa shape index (κ3) is 3.90. The number of rotatable bonds is 4. The van der Waals surface area contributed by atoms with Crippen LogP contribution in [0.2, 0.25) is 0 Å². The number of nitrogens with zero attached hydrogens (tertiary/aromatic N) is 1. The molecule has 1 aromatic carbocycles. The highest BCUT2D eigenvalue weighted by Gasteiger charge is 2.01. The molecule has 0 bridgehead atoms. The van der Waals surface area contributed by atoms with Gasteiger partial charge in [0.05, 0.1) is 0 Å². The van der Waals surface area contributed by atoms with E-state index in [1.165, 1.54) is 12.1 Å². The summed E-state index contributed by atoms with van der Waals surface area (Å²) < 4.78 is 12.8. The Morgan fingerprint density at radius 2 is 2.29 bits per heavy atom. The first kappa shape index (κ1) is 11.2. The third-order valence-corrected chi connectivity index (χ3v) is 1.90. The molecule has 0 amide bonds. The lowest BCUT2D eigenvalue weighted by Gasteiger charge is -2.15. The molecule has 1 nitrogen and oxygen atoms in total. The molecule has 0 fully saturated rings. The van der Waals surface area contributed by atoms with E-state index in [2.05, 4.69) is 6.58 Å². The molecular formula is C11H13ClFN. The first-order valence-electron chi connectivity index (χ1n) is 4.34. The molecule has 0 saturated heterocycles. The maximum atomic E-state index is 12.8. The van der Waals surface area contributed by atoms with Gasteiger partial charge in [0, 0.05) is 18.1 Å². The molecule has 0 N–H and O–H groups in total. The number of hydrogen-bond donors (Lipinski definition) is 0. The van der Waals surface area contributed by atoms with Gasteiger partial charge in [-0.3, -0.25) is 4.90 Å². The monoisotopic (exact) mass is 213 g/mol. The Bertz CT molecular complexity index is 325. The fraction of sp³-hybridized carbons (Fsp3) is 0.273. The number of hydrogen-bond acceptors (Lipinski definition) is 1. The Balaban J connectivity index is 2.55. The molecule has 0 aliphatic heterocycles. The van der Waals surface area contributed by atoms with E-state index >= 15 is 0 Å². The van der Waals surface area contributed by atoms with E-state index in [4.69, 9.17) is 11.6 Å². The second-order valence-corrected chi connectivity index (χ2v) is 3.85. The summed E-state index contributed by atoms with van der Waals surface area (Å²) in [5.41, 5.74) is 0.936. The Morgan fingerprint density at radius 3 is 2.86 bits per heavy atom. The standard InChI is InChI=1S/C11H13ClFN/c1-9(12)7-14(2)8-10-4-3-5-11(13)6-10/h3-6H,1,7-8H2,2H3. The van der Waals surface area contributed by atoms with Gasteiger partial charge in [0.25, 0.3) is 0 Å². The van der Waals surface area contributed by atoms with E-state index < -0.39 is 0 Å². The Labute approximate surface area is 88.8 Å². The average Bonchev–Trinajstić information content (AvgIpc) is 2.01. The van der Waals surface area contributed by atoms with E-state index in [0.29, 0.717) is 18.1 Å². The Hall–Kier alpha value is -0.860. The SMILES string of the molecule is C=C(Cl)CN(C)Cc1cccc(F)c1. The van der Waals surface area contributed by atoms with Gasteiger partial charge in [-0.15, -0.1) is 0 Å². The van der Waals surface area contributed by atoms with E-state index in [1.54, 1.807) is 6.07 Å². The average molecular weight is 214 g/mol. The molecule has 0 heterocycles. The molecular weight excluding hydrogens is 201 g/mol. The summed E-state index contributed by atoms with van der Waals surface area (Å²) in [6.07, 6.45) is 0. The van der Waals surface area contributed by atoms with E-state index in [-0.39, 0.29) is 5.82 Å². The lowest BCUT2D eigenvalue weighted by molar-refractivity contribution is 0.360. The van der Waals surface area contributed by atoms with Crippen LogP contribution in [-0.2, 0) is 6.54 Å². The molecule has 1 aromatic rings. The fourth-order valence-corrected chi connectivity index (χ4v) is 1.50. The second-order valence-electron chi connectivity index (χ2n) is 3.32. The fourth-order valence-electron chi connectivity index (χ4n) is 1.30. The van der Waals surface area contributed by atoms with Gasteiger partial charge >= 0.3 is 0 Å². The molecule has 14 heavy (non-hydrogen) atoms. The van der Waals surface area contributed by atoms with Crippen LogP contribution in [0.4, 0.5) is 4.39 Å². The summed E-state index contributed by atoms with van der Waals surface area (Å²) >= 11 is 5.66. The summed E-state index contributed by atoms with van der Waals surface area (Å²) in [5, 5.41) is 0.587. The van der Waals surface area contributed by atoms with Crippen LogP contribution in [0.25, 0.3) is 0 Å². The van der Waals surface area contributed by atoms with Crippen molar-refractivity contribution in [2.45, 2.75) is 6.54 Å².